The first-order valence-electron chi connectivity index (χ1n) is 3.82. The second-order valence-corrected chi connectivity index (χ2v) is 2.11. The highest BCUT2D eigenvalue weighted by atomic mass is 16.2. The number of aliphatic hydroxyl groups excluding tert-OH is 1. The predicted octanol–water partition coefficient (Wildman–Crippen LogP) is 2.28. The minimum Gasteiger partial charge on any atom is -0.392 e. The van der Waals surface area contributed by atoms with Crippen molar-refractivity contribution in [2.45, 2.75) is 26.2 Å². The molecule has 1 N–H and O–H groups in total. The Morgan fingerprint density at radius 2 is 1.60 bits per heavy atom. The van der Waals surface area contributed by atoms with Gasteiger partial charge in [0.05, 0.1) is 6.61 Å². The quantitative estimate of drug-likeness (QED) is 0.459. The van der Waals surface area contributed by atoms with E-state index in [1.54, 1.807) is 6.08 Å². The van der Waals surface area contributed by atoms with Gasteiger partial charge >= 0.3 is 0 Å². The highest BCUT2D eigenvalue weighted by Crippen LogP contribution is 1.93. The van der Waals surface area contributed by atoms with E-state index in [1.165, 1.54) is 0 Å². The maximum Gasteiger partial charge on any atom is 0.0612 e. The minimum atomic E-state index is 0.164. The van der Waals surface area contributed by atoms with E-state index >= 15 is 0 Å². The van der Waals surface area contributed by atoms with Crippen molar-refractivity contribution in [3.8, 4) is 0 Å². The van der Waals surface area contributed by atoms with Crippen LogP contribution >= 0.6 is 0 Å². The summed E-state index contributed by atoms with van der Waals surface area (Å²) in [6, 6.07) is 0. The van der Waals surface area contributed by atoms with Gasteiger partial charge in [0, 0.05) is 0 Å². The Balaban J connectivity index is 3.04. The van der Waals surface area contributed by atoms with E-state index in [9.17, 15) is 0 Å². The molecule has 0 bridgehead atoms. The van der Waals surface area contributed by atoms with Crippen LogP contribution in [0.2, 0.25) is 0 Å². The normalized spacial score (nSPS) is 11.8. The summed E-state index contributed by atoms with van der Waals surface area (Å²) in [5.41, 5.74) is 0. The van der Waals surface area contributed by atoms with Gasteiger partial charge in [-0.05, 0) is 19.3 Å². The van der Waals surface area contributed by atoms with Crippen LogP contribution in [0.15, 0.2) is 24.3 Å². The number of unbranched alkanes of at least 4 members (excludes halogenated alkanes) is 1. The maximum absolute atomic E-state index is 8.36. The van der Waals surface area contributed by atoms with Crippen molar-refractivity contribution in [3.05, 3.63) is 24.3 Å². The predicted molar refractivity (Wildman–Crippen MR) is 44.9 cm³/mol. The van der Waals surface area contributed by atoms with E-state index < -0.39 is 0 Å². The van der Waals surface area contributed by atoms with Crippen molar-refractivity contribution in [1.82, 2.24) is 0 Å². The largest absolute Gasteiger partial charge is 0.392 e. The van der Waals surface area contributed by atoms with Crippen LogP contribution in [0, 0.1) is 0 Å². The SMILES string of the molecule is CC/C=C/CC/C=C\CO. The van der Waals surface area contributed by atoms with Crippen LogP contribution in [0.1, 0.15) is 26.2 Å². The van der Waals surface area contributed by atoms with Crippen molar-refractivity contribution >= 4 is 0 Å². The monoisotopic (exact) mass is 140 g/mol. The summed E-state index contributed by atoms with van der Waals surface area (Å²) < 4.78 is 0. The van der Waals surface area contributed by atoms with Crippen molar-refractivity contribution < 1.29 is 5.11 Å². The molecule has 10 heavy (non-hydrogen) atoms. The molecule has 0 spiro atoms. The molecule has 0 saturated carbocycles. The van der Waals surface area contributed by atoms with Crippen LogP contribution in [0.4, 0.5) is 0 Å². The zero-order valence-electron chi connectivity index (χ0n) is 6.59. The summed E-state index contributed by atoms with van der Waals surface area (Å²) in [5.74, 6) is 0. The maximum atomic E-state index is 8.36. The Kier molecular flexibility index (Phi) is 7.97. The molecule has 0 aliphatic carbocycles. The molecule has 0 aromatic rings. The second kappa shape index (κ2) is 8.44. The van der Waals surface area contributed by atoms with E-state index in [0.717, 1.165) is 19.3 Å². The Hall–Kier alpha value is -0.560. The highest BCUT2D eigenvalue weighted by Gasteiger charge is 1.74. The summed E-state index contributed by atoms with van der Waals surface area (Å²) in [6.45, 7) is 2.29. The zero-order valence-corrected chi connectivity index (χ0v) is 6.59. The molecule has 0 unspecified atom stereocenters. The standard InChI is InChI=1S/C9H16O/c1-2-3-4-5-6-7-8-9-10/h3-4,7-8,10H,2,5-6,9H2,1H3/b4-3+,8-7-. The van der Waals surface area contributed by atoms with Gasteiger partial charge in [-0.25, -0.2) is 0 Å². The molecule has 0 fully saturated rings. The number of aliphatic hydroxyl groups is 1. The van der Waals surface area contributed by atoms with Gasteiger partial charge < -0.3 is 5.11 Å². The molecule has 0 aliphatic heterocycles. The number of rotatable bonds is 5. The van der Waals surface area contributed by atoms with Crippen LogP contribution < -0.4 is 0 Å². The molecule has 1 heteroatoms. The number of hydrogen-bond acceptors (Lipinski definition) is 1. The van der Waals surface area contributed by atoms with Gasteiger partial charge in [0.25, 0.3) is 0 Å². The lowest BCUT2D eigenvalue weighted by atomic mass is 10.2. The van der Waals surface area contributed by atoms with Gasteiger partial charge in [0.2, 0.25) is 0 Å². The Morgan fingerprint density at radius 1 is 1.00 bits per heavy atom. The minimum absolute atomic E-state index is 0.164. The first-order valence-corrected chi connectivity index (χ1v) is 3.82. The Morgan fingerprint density at radius 3 is 2.10 bits per heavy atom. The molecule has 0 amide bonds. The molecule has 0 aliphatic rings. The summed E-state index contributed by atoms with van der Waals surface area (Å²) in [6.07, 6.45) is 11.3. The third-order valence-electron chi connectivity index (χ3n) is 1.17. The Bertz CT molecular complexity index is 89.3. The van der Waals surface area contributed by atoms with Crippen LogP contribution in [0.3, 0.4) is 0 Å². The third-order valence-corrected chi connectivity index (χ3v) is 1.17. The summed E-state index contributed by atoms with van der Waals surface area (Å²) in [7, 11) is 0. The molecule has 0 atom stereocenters. The summed E-state index contributed by atoms with van der Waals surface area (Å²) in [5, 5.41) is 8.36. The van der Waals surface area contributed by atoms with Crippen molar-refractivity contribution in [1.29, 1.82) is 0 Å². The Labute approximate surface area is 63.1 Å². The van der Waals surface area contributed by atoms with Gasteiger partial charge in [0.15, 0.2) is 0 Å². The van der Waals surface area contributed by atoms with Crippen LogP contribution in [0.5, 0.6) is 0 Å². The van der Waals surface area contributed by atoms with Gasteiger partial charge in [-0.2, -0.15) is 0 Å². The van der Waals surface area contributed by atoms with Gasteiger partial charge in [-0.3, -0.25) is 0 Å². The van der Waals surface area contributed by atoms with Crippen molar-refractivity contribution in [3.63, 3.8) is 0 Å². The highest BCUT2D eigenvalue weighted by molar-refractivity contribution is 4.87. The molecular formula is C9H16O. The fraction of sp³-hybridized carbons (Fsp3) is 0.556. The lowest BCUT2D eigenvalue weighted by Crippen LogP contribution is -1.70. The van der Waals surface area contributed by atoms with Crippen LogP contribution in [-0.2, 0) is 0 Å². The van der Waals surface area contributed by atoms with Crippen LogP contribution in [0.25, 0.3) is 0 Å². The molecule has 0 radical (unpaired) electrons. The molecule has 0 rings (SSSR count). The smallest absolute Gasteiger partial charge is 0.0612 e. The molecule has 0 aromatic carbocycles. The van der Waals surface area contributed by atoms with Gasteiger partial charge in [0.1, 0.15) is 0 Å². The summed E-state index contributed by atoms with van der Waals surface area (Å²) in [4.78, 5) is 0. The van der Waals surface area contributed by atoms with Crippen LogP contribution in [-0.4, -0.2) is 11.7 Å². The van der Waals surface area contributed by atoms with E-state index in [0.29, 0.717) is 0 Å². The van der Waals surface area contributed by atoms with Gasteiger partial charge in [-0.15, -0.1) is 0 Å². The molecular weight excluding hydrogens is 124 g/mol. The molecule has 1 nitrogen and oxygen atoms in total. The first kappa shape index (κ1) is 9.44. The number of allylic oxidation sites excluding steroid dienone is 3. The fourth-order valence-electron chi connectivity index (χ4n) is 0.669. The average molecular weight is 140 g/mol. The van der Waals surface area contributed by atoms with E-state index in [4.69, 9.17) is 5.11 Å². The number of hydrogen-bond donors (Lipinski definition) is 1. The third kappa shape index (κ3) is 7.44. The zero-order chi connectivity index (χ0) is 7.66. The van der Waals surface area contributed by atoms with Gasteiger partial charge in [-0.1, -0.05) is 31.2 Å². The second-order valence-electron chi connectivity index (χ2n) is 2.11. The van der Waals surface area contributed by atoms with E-state index in [1.807, 2.05) is 6.08 Å². The molecule has 58 valence electrons. The lowest BCUT2D eigenvalue weighted by molar-refractivity contribution is 0.342. The average Bonchev–Trinajstić information content (AvgIpc) is 1.97. The molecule has 0 heterocycles. The fourth-order valence-corrected chi connectivity index (χ4v) is 0.669. The molecule has 0 aromatic heterocycles. The van der Waals surface area contributed by atoms with E-state index in [-0.39, 0.29) is 6.61 Å². The first-order chi connectivity index (χ1) is 4.91. The lowest BCUT2D eigenvalue weighted by Gasteiger charge is -1.84. The summed E-state index contributed by atoms with van der Waals surface area (Å²) >= 11 is 0. The topological polar surface area (TPSA) is 20.2 Å². The van der Waals surface area contributed by atoms with Crippen molar-refractivity contribution in [2.24, 2.45) is 0 Å². The molecule has 0 saturated heterocycles. The van der Waals surface area contributed by atoms with E-state index in [2.05, 4.69) is 19.1 Å². The van der Waals surface area contributed by atoms with Crippen molar-refractivity contribution in [2.75, 3.05) is 6.61 Å².